The van der Waals surface area contributed by atoms with E-state index in [9.17, 15) is 18.3 Å². The number of rotatable bonds is 4. The molecule has 0 saturated carbocycles. The number of hydrogen-bond donors (Lipinski definition) is 1. The highest BCUT2D eigenvalue weighted by Gasteiger charge is 2.36. The number of aliphatic hydroxyl groups excluding tert-OH is 1. The third-order valence-electron chi connectivity index (χ3n) is 3.41. The lowest BCUT2D eigenvalue weighted by Crippen LogP contribution is -2.38. The van der Waals surface area contributed by atoms with E-state index in [2.05, 4.69) is 4.74 Å². The minimum absolute atomic E-state index is 0.0126. The molecular formula is C13H17NO5S. The van der Waals surface area contributed by atoms with E-state index in [1.54, 1.807) is 12.1 Å². The first-order chi connectivity index (χ1) is 9.52. The third kappa shape index (κ3) is 2.56. The number of carbonyl (C=O) groups is 1. The van der Waals surface area contributed by atoms with E-state index >= 15 is 0 Å². The summed E-state index contributed by atoms with van der Waals surface area (Å²) in [5.74, 6) is -0.691. The molecule has 1 aliphatic heterocycles. The van der Waals surface area contributed by atoms with Gasteiger partial charge in [0.25, 0.3) is 0 Å². The lowest BCUT2D eigenvalue weighted by atomic mass is 10.2. The lowest BCUT2D eigenvalue weighted by Gasteiger charge is -2.23. The Morgan fingerprint density at radius 1 is 1.45 bits per heavy atom. The van der Waals surface area contributed by atoms with Crippen molar-refractivity contribution in [2.24, 2.45) is 0 Å². The van der Waals surface area contributed by atoms with Gasteiger partial charge in [-0.25, -0.2) is 13.2 Å². The molecule has 1 aliphatic rings. The van der Waals surface area contributed by atoms with Crippen LogP contribution in [-0.4, -0.2) is 50.1 Å². The first-order valence-electron chi connectivity index (χ1n) is 6.32. The van der Waals surface area contributed by atoms with Crippen molar-refractivity contribution in [3.8, 4) is 0 Å². The highest BCUT2D eigenvalue weighted by molar-refractivity contribution is 7.89. The second kappa shape index (κ2) is 5.90. The van der Waals surface area contributed by atoms with Gasteiger partial charge in [0.15, 0.2) is 0 Å². The quantitative estimate of drug-likeness (QED) is 0.824. The molecule has 1 N–H and O–H groups in total. The number of aliphatic hydroxyl groups is 1. The van der Waals surface area contributed by atoms with Crippen molar-refractivity contribution in [2.45, 2.75) is 23.8 Å². The zero-order valence-corrected chi connectivity index (χ0v) is 12.0. The summed E-state index contributed by atoms with van der Waals surface area (Å²) in [6, 6.07) is 5.52. The number of esters is 1. The summed E-state index contributed by atoms with van der Waals surface area (Å²) in [5.41, 5.74) is 0.0126. The minimum atomic E-state index is -3.81. The summed E-state index contributed by atoms with van der Waals surface area (Å²) in [4.78, 5) is 11.6. The van der Waals surface area contributed by atoms with Crippen molar-refractivity contribution in [2.75, 3.05) is 20.3 Å². The first-order valence-corrected chi connectivity index (χ1v) is 7.76. The molecule has 0 unspecified atom stereocenters. The SMILES string of the molecule is COC(=O)c1ccccc1S(=O)(=O)N1CCC[C@@H]1CO. The number of benzene rings is 1. The summed E-state index contributed by atoms with van der Waals surface area (Å²) in [6.45, 7) is 0.128. The van der Waals surface area contributed by atoms with Crippen LogP contribution in [0.2, 0.25) is 0 Å². The first kappa shape index (κ1) is 15.0. The normalized spacial score (nSPS) is 20.0. The standard InChI is InChI=1S/C13H17NO5S/c1-19-13(16)11-6-2-3-7-12(11)20(17,18)14-8-4-5-10(14)9-15/h2-3,6-7,10,15H,4-5,8-9H2,1H3/t10-/m1/s1. The van der Waals surface area contributed by atoms with E-state index in [1.165, 1.54) is 23.5 Å². The Hall–Kier alpha value is -1.44. The maximum absolute atomic E-state index is 12.7. The van der Waals surface area contributed by atoms with Crippen LogP contribution in [0, 0.1) is 0 Å². The van der Waals surface area contributed by atoms with Gasteiger partial charge < -0.3 is 9.84 Å². The van der Waals surface area contributed by atoms with Crippen LogP contribution in [0.3, 0.4) is 0 Å². The molecule has 1 atom stereocenters. The summed E-state index contributed by atoms with van der Waals surface area (Å²) in [6.07, 6.45) is 1.32. The fourth-order valence-electron chi connectivity index (χ4n) is 2.40. The van der Waals surface area contributed by atoms with Crippen LogP contribution in [0.15, 0.2) is 29.2 Å². The molecule has 1 aromatic rings. The van der Waals surface area contributed by atoms with Crippen molar-refractivity contribution in [1.29, 1.82) is 0 Å². The fourth-order valence-corrected chi connectivity index (χ4v) is 4.27. The topological polar surface area (TPSA) is 83.9 Å². The van der Waals surface area contributed by atoms with E-state index in [0.29, 0.717) is 19.4 Å². The fraction of sp³-hybridized carbons (Fsp3) is 0.462. The molecule has 0 radical (unpaired) electrons. The lowest BCUT2D eigenvalue weighted by molar-refractivity contribution is 0.0596. The van der Waals surface area contributed by atoms with E-state index in [-0.39, 0.29) is 17.1 Å². The largest absolute Gasteiger partial charge is 0.465 e. The summed E-state index contributed by atoms with van der Waals surface area (Å²) < 4.78 is 31.2. The number of methoxy groups -OCH3 is 1. The average Bonchev–Trinajstić information content (AvgIpc) is 2.95. The predicted octanol–water partition coefficient (Wildman–Crippen LogP) is 0.619. The van der Waals surface area contributed by atoms with Crippen LogP contribution in [0.4, 0.5) is 0 Å². The molecule has 1 saturated heterocycles. The second-order valence-corrected chi connectivity index (χ2v) is 6.44. The van der Waals surface area contributed by atoms with Crippen molar-refractivity contribution in [3.05, 3.63) is 29.8 Å². The molecule has 7 heteroatoms. The number of sulfonamides is 1. The second-order valence-electron chi connectivity index (χ2n) is 4.58. The zero-order chi connectivity index (χ0) is 14.8. The van der Waals surface area contributed by atoms with Gasteiger partial charge in [0, 0.05) is 12.6 Å². The zero-order valence-electron chi connectivity index (χ0n) is 11.2. The molecule has 1 aromatic carbocycles. The molecule has 0 aromatic heterocycles. The Morgan fingerprint density at radius 3 is 2.80 bits per heavy atom. The number of carbonyl (C=O) groups excluding carboxylic acids is 1. The predicted molar refractivity (Wildman–Crippen MR) is 71.8 cm³/mol. The van der Waals surface area contributed by atoms with E-state index in [4.69, 9.17) is 0 Å². The summed E-state index contributed by atoms with van der Waals surface area (Å²) in [5, 5.41) is 9.27. The Balaban J connectivity index is 2.47. The number of hydrogen-bond acceptors (Lipinski definition) is 5. The van der Waals surface area contributed by atoms with Crippen molar-refractivity contribution in [1.82, 2.24) is 4.31 Å². The van der Waals surface area contributed by atoms with Gasteiger partial charge in [-0.15, -0.1) is 0 Å². The number of nitrogens with zero attached hydrogens (tertiary/aromatic N) is 1. The van der Waals surface area contributed by atoms with E-state index in [1.807, 2.05) is 0 Å². The highest BCUT2D eigenvalue weighted by atomic mass is 32.2. The van der Waals surface area contributed by atoms with Gasteiger partial charge in [0.05, 0.1) is 24.2 Å². The van der Waals surface area contributed by atoms with Gasteiger partial charge in [-0.05, 0) is 25.0 Å². The average molecular weight is 299 g/mol. The maximum atomic E-state index is 12.7. The summed E-state index contributed by atoms with van der Waals surface area (Å²) in [7, 11) is -2.61. The molecule has 0 aliphatic carbocycles. The molecule has 0 amide bonds. The summed E-state index contributed by atoms with van der Waals surface area (Å²) >= 11 is 0. The Labute approximate surface area is 118 Å². The van der Waals surface area contributed by atoms with Crippen LogP contribution >= 0.6 is 0 Å². The van der Waals surface area contributed by atoms with Crippen molar-refractivity contribution < 1.29 is 23.1 Å². The number of ether oxygens (including phenoxy) is 1. The van der Waals surface area contributed by atoms with Gasteiger partial charge in [-0.1, -0.05) is 12.1 Å². The molecule has 20 heavy (non-hydrogen) atoms. The van der Waals surface area contributed by atoms with Gasteiger partial charge >= 0.3 is 5.97 Å². The van der Waals surface area contributed by atoms with E-state index in [0.717, 1.165) is 0 Å². The molecule has 6 nitrogen and oxygen atoms in total. The Morgan fingerprint density at radius 2 is 2.15 bits per heavy atom. The van der Waals surface area contributed by atoms with E-state index < -0.39 is 22.0 Å². The van der Waals surface area contributed by atoms with Crippen LogP contribution in [0.1, 0.15) is 23.2 Å². The van der Waals surface area contributed by atoms with Gasteiger partial charge in [0.1, 0.15) is 0 Å². The van der Waals surface area contributed by atoms with Gasteiger partial charge in [-0.3, -0.25) is 0 Å². The molecule has 1 fully saturated rings. The Bertz CT molecular complexity index is 599. The Kier molecular flexibility index (Phi) is 4.42. The molecular weight excluding hydrogens is 282 g/mol. The third-order valence-corrected chi connectivity index (χ3v) is 5.42. The molecule has 1 heterocycles. The monoisotopic (exact) mass is 299 g/mol. The maximum Gasteiger partial charge on any atom is 0.339 e. The molecule has 0 bridgehead atoms. The molecule has 2 rings (SSSR count). The van der Waals surface area contributed by atoms with Crippen LogP contribution < -0.4 is 0 Å². The van der Waals surface area contributed by atoms with Crippen LogP contribution in [0.25, 0.3) is 0 Å². The molecule has 0 spiro atoms. The van der Waals surface area contributed by atoms with Crippen molar-refractivity contribution >= 4 is 16.0 Å². The smallest absolute Gasteiger partial charge is 0.339 e. The van der Waals surface area contributed by atoms with Crippen LogP contribution in [-0.2, 0) is 14.8 Å². The van der Waals surface area contributed by atoms with Gasteiger partial charge in [0.2, 0.25) is 10.0 Å². The highest BCUT2D eigenvalue weighted by Crippen LogP contribution is 2.28. The minimum Gasteiger partial charge on any atom is -0.465 e. The van der Waals surface area contributed by atoms with Crippen molar-refractivity contribution in [3.63, 3.8) is 0 Å². The molecule has 110 valence electrons. The van der Waals surface area contributed by atoms with Crippen LogP contribution in [0.5, 0.6) is 0 Å². The van der Waals surface area contributed by atoms with Gasteiger partial charge in [-0.2, -0.15) is 4.31 Å².